The van der Waals surface area contributed by atoms with Crippen molar-refractivity contribution in [3.8, 4) is 11.1 Å². The maximum Gasteiger partial charge on any atom is 0.417 e. The number of ether oxygens (including phenoxy) is 3. The van der Waals surface area contributed by atoms with Crippen LogP contribution in [0.1, 0.15) is 82.9 Å². The van der Waals surface area contributed by atoms with Crippen molar-refractivity contribution >= 4 is 24.2 Å². The summed E-state index contributed by atoms with van der Waals surface area (Å²) in [5, 5.41) is 15.9. The van der Waals surface area contributed by atoms with Crippen LogP contribution in [-0.4, -0.2) is 71.6 Å². The lowest BCUT2D eigenvalue weighted by Gasteiger charge is -2.32. The van der Waals surface area contributed by atoms with Gasteiger partial charge in [-0.1, -0.05) is 92.7 Å². The summed E-state index contributed by atoms with van der Waals surface area (Å²) in [5.41, 5.74) is 4.39. The number of aliphatic hydroxyl groups is 1. The first-order chi connectivity index (χ1) is 24.4. The molecule has 51 heavy (non-hydrogen) atoms. The number of alkyl carbamates (subject to hydrolysis) is 2. The predicted octanol–water partition coefficient (Wildman–Crippen LogP) is 7.16. The maximum absolute atomic E-state index is 14.2. The molecule has 3 N–H and O–H groups in total. The van der Waals surface area contributed by atoms with Crippen LogP contribution in [0.15, 0.2) is 78.9 Å². The van der Waals surface area contributed by atoms with E-state index in [0.29, 0.717) is 19.4 Å². The smallest absolute Gasteiger partial charge is 0.417 e. The van der Waals surface area contributed by atoms with Crippen molar-refractivity contribution in [1.29, 1.82) is 0 Å². The largest absolute Gasteiger partial charge is 0.449 e. The molecule has 1 aliphatic rings. The average molecular weight is 702 g/mol. The lowest BCUT2D eigenvalue weighted by atomic mass is 9.98. The fourth-order valence-electron chi connectivity index (χ4n) is 6.16. The minimum atomic E-state index is -1.13. The van der Waals surface area contributed by atoms with E-state index in [9.17, 15) is 24.3 Å². The van der Waals surface area contributed by atoms with E-state index in [-0.39, 0.29) is 37.9 Å². The summed E-state index contributed by atoms with van der Waals surface area (Å²) in [7, 11) is 0. The van der Waals surface area contributed by atoms with Crippen molar-refractivity contribution < 1.29 is 38.5 Å². The zero-order chi connectivity index (χ0) is 37.0. The van der Waals surface area contributed by atoms with Crippen LogP contribution in [0, 0.1) is 5.92 Å². The Kier molecular flexibility index (Phi) is 14.0. The average Bonchev–Trinajstić information content (AvgIpc) is 3.41. The van der Waals surface area contributed by atoms with Crippen LogP contribution in [0.4, 0.5) is 14.4 Å². The Morgan fingerprint density at radius 2 is 1.43 bits per heavy atom. The third-order valence-electron chi connectivity index (χ3n) is 8.49. The van der Waals surface area contributed by atoms with Crippen molar-refractivity contribution in [3.05, 3.63) is 95.6 Å². The number of hydrogen-bond donors (Lipinski definition) is 3. The summed E-state index contributed by atoms with van der Waals surface area (Å²) >= 11 is 0. The Morgan fingerprint density at radius 3 is 2.02 bits per heavy atom. The van der Waals surface area contributed by atoms with E-state index in [2.05, 4.69) is 10.6 Å². The fraction of sp³-hybridized carbons (Fsp3) is 0.450. The van der Waals surface area contributed by atoms with Gasteiger partial charge in [0, 0.05) is 12.5 Å². The first-order valence-electron chi connectivity index (χ1n) is 17.6. The molecule has 4 amide bonds. The number of unbranched alkanes of at least 4 members (excludes halogenated alkanes) is 1. The molecule has 11 heteroatoms. The van der Waals surface area contributed by atoms with Crippen LogP contribution >= 0.6 is 0 Å². The Hall–Kier alpha value is -4.90. The van der Waals surface area contributed by atoms with E-state index in [0.717, 1.165) is 32.7 Å². The van der Waals surface area contributed by atoms with Gasteiger partial charge in [-0.05, 0) is 80.2 Å². The van der Waals surface area contributed by atoms with E-state index < -0.39 is 48.5 Å². The highest BCUT2D eigenvalue weighted by Gasteiger charge is 2.37. The number of imide groups is 1. The molecule has 0 unspecified atom stereocenters. The zero-order valence-electron chi connectivity index (χ0n) is 30.2. The van der Waals surface area contributed by atoms with Crippen LogP contribution < -0.4 is 10.6 Å². The maximum atomic E-state index is 14.2. The first-order valence-corrected chi connectivity index (χ1v) is 17.6. The predicted molar refractivity (Wildman–Crippen MR) is 194 cm³/mol. The molecular weight excluding hydrogens is 650 g/mol. The quantitative estimate of drug-likeness (QED) is 0.112. The molecule has 11 nitrogen and oxygen atoms in total. The highest BCUT2D eigenvalue weighted by molar-refractivity contribution is 5.97. The third-order valence-corrected chi connectivity index (χ3v) is 8.49. The minimum absolute atomic E-state index is 0.0402. The van der Waals surface area contributed by atoms with E-state index in [1.165, 1.54) is 0 Å². The number of hydrogen-bond acceptors (Lipinski definition) is 8. The first kappa shape index (κ1) is 38.9. The molecule has 274 valence electrons. The Balaban J connectivity index is 1.46. The number of nitrogens with one attached hydrogen (secondary N) is 2. The minimum Gasteiger partial charge on any atom is -0.449 e. The topological polar surface area (TPSA) is 144 Å². The van der Waals surface area contributed by atoms with Gasteiger partial charge in [0.05, 0.1) is 12.6 Å². The molecule has 3 aromatic rings. The van der Waals surface area contributed by atoms with Gasteiger partial charge in [-0.3, -0.25) is 4.79 Å². The van der Waals surface area contributed by atoms with E-state index in [1.807, 2.05) is 80.6 Å². The standard InChI is InChI=1S/C40H51N3O8/c1-27(2)23-35(42-38(47)49-26-34-32-20-11-9-18-30(32)31-19-10-12-21-33(31)34)36(45)43(39(48)50-25-28-15-7-6-8-16-28)29(24-44)17-13-14-22-41-37(46)51-40(3,4)5/h6-12,15-16,18-21,27,29,34-35,44H,13-14,17,22-26H2,1-5H3,(H,41,46)(H,42,47)/t29-,35+/m0/s1. The molecule has 0 saturated carbocycles. The normalized spacial score (nSPS) is 13.4. The Labute approximate surface area is 300 Å². The second-order valence-electron chi connectivity index (χ2n) is 14.2. The van der Waals surface area contributed by atoms with E-state index in [1.54, 1.807) is 32.9 Å². The molecule has 0 aromatic heterocycles. The molecule has 0 heterocycles. The van der Waals surface area contributed by atoms with Crippen LogP contribution in [0.2, 0.25) is 0 Å². The van der Waals surface area contributed by atoms with Gasteiger partial charge in [-0.2, -0.15) is 0 Å². The number of fused-ring (bicyclic) bond motifs is 3. The van der Waals surface area contributed by atoms with Crippen molar-refractivity contribution in [2.75, 3.05) is 19.8 Å². The summed E-state index contributed by atoms with van der Waals surface area (Å²) in [6, 6.07) is 23.0. The molecule has 3 aromatic carbocycles. The second kappa shape index (κ2) is 18.4. The fourth-order valence-corrected chi connectivity index (χ4v) is 6.16. The number of carbonyl (C=O) groups excluding carboxylic acids is 4. The van der Waals surface area contributed by atoms with Crippen molar-refractivity contribution in [2.45, 2.75) is 90.5 Å². The number of aliphatic hydroxyl groups excluding tert-OH is 1. The molecule has 0 bridgehead atoms. The highest BCUT2D eigenvalue weighted by atomic mass is 16.6. The molecule has 0 aliphatic heterocycles. The van der Waals surface area contributed by atoms with E-state index >= 15 is 0 Å². The lowest BCUT2D eigenvalue weighted by Crippen LogP contribution is -2.55. The summed E-state index contributed by atoms with van der Waals surface area (Å²) < 4.78 is 16.6. The van der Waals surface area contributed by atoms with Gasteiger partial charge in [0.1, 0.15) is 24.9 Å². The number of rotatable bonds is 15. The zero-order valence-corrected chi connectivity index (χ0v) is 30.2. The number of amides is 4. The van der Waals surface area contributed by atoms with Crippen LogP contribution in [0.25, 0.3) is 11.1 Å². The summed E-state index contributed by atoms with van der Waals surface area (Å²) in [5.74, 6) is -0.918. The molecule has 0 radical (unpaired) electrons. The molecule has 4 rings (SSSR count). The van der Waals surface area contributed by atoms with Crippen molar-refractivity contribution in [1.82, 2.24) is 15.5 Å². The van der Waals surface area contributed by atoms with Gasteiger partial charge in [-0.25, -0.2) is 19.3 Å². The lowest BCUT2D eigenvalue weighted by molar-refractivity contribution is -0.135. The Morgan fingerprint density at radius 1 is 0.824 bits per heavy atom. The van der Waals surface area contributed by atoms with Gasteiger partial charge in [0.25, 0.3) is 5.91 Å². The summed E-state index contributed by atoms with van der Waals surface area (Å²) in [6.45, 7) is 8.88. The third kappa shape index (κ3) is 11.3. The number of nitrogens with zero attached hydrogens (tertiary/aromatic N) is 1. The molecule has 0 spiro atoms. The molecule has 2 atom stereocenters. The van der Waals surface area contributed by atoms with E-state index in [4.69, 9.17) is 14.2 Å². The molecular formula is C40H51N3O8. The highest BCUT2D eigenvalue weighted by Crippen LogP contribution is 2.44. The number of carbonyl (C=O) groups is 4. The summed E-state index contributed by atoms with van der Waals surface area (Å²) in [4.78, 5) is 54.2. The summed E-state index contributed by atoms with van der Waals surface area (Å²) in [6.07, 6.45) is -0.851. The molecule has 0 saturated heterocycles. The van der Waals surface area contributed by atoms with Gasteiger partial charge < -0.3 is 30.0 Å². The van der Waals surface area contributed by atoms with Crippen LogP contribution in [0.3, 0.4) is 0 Å². The van der Waals surface area contributed by atoms with Crippen LogP contribution in [-0.2, 0) is 25.6 Å². The van der Waals surface area contributed by atoms with Gasteiger partial charge >= 0.3 is 18.3 Å². The number of benzene rings is 3. The van der Waals surface area contributed by atoms with Gasteiger partial charge in [0.2, 0.25) is 0 Å². The SMILES string of the molecule is CC(C)C[C@@H](NC(=O)OCC1c2ccccc2-c2ccccc21)C(=O)N(C(=O)OCc1ccccc1)[C@H](CO)CCCCNC(=O)OC(C)(C)C. The van der Waals surface area contributed by atoms with Crippen molar-refractivity contribution in [2.24, 2.45) is 5.92 Å². The second-order valence-corrected chi connectivity index (χ2v) is 14.2. The molecule has 0 fully saturated rings. The van der Waals surface area contributed by atoms with Gasteiger partial charge in [0.15, 0.2) is 0 Å². The Bertz CT molecular complexity index is 1580. The van der Waals surface area contributed by atoms with Gasteiger partial charge in [-0.15, -0.1) is 0 Å². The molecule has 1 aliphatic carbocycles. The van der Waals surface area contributed by atoms with Crippen LogP contribution in [0.5, 0.6) is 0 Å². The monoisotopic (exact) mass is 701 g/mol. The van der Waals surface area contributed by atoms with Crippen molar-refractivity contribution in [3.63, 3.8) is 0 Å².